The molecule has 119 valence electrons. The van der Waals surface area contributed by atoms with E-state index in [2.05, 4.69) is 91.5 Å². The Bertz CT molecular complexity index is 1040. The molecule has 4 aromatic rings. The van der Waals surface area contributed by atoms with Crippen LogP contribution in [0.2, 0.25) is 0 Å². The van der Waals surface area contributed by atoms with E-state index in [1.807, 2.05) is 12.1 Å². The predicted molar refractivity (Wildman–Crippen MR) is 98.4 cm³/mol. The van der Waals surface area contributed by atoms with Crippen molar-refractivity contribution in [3.8, 4) is 22.4 Å². The molecule has 1 heterocycles. The first-order chi connectivity index (χ1) is 11.7. The second-order valence-electron chi connectivity index (χ2n) is 6.07. The van der Waals surface area contributed by atoms with E-state index in [9.17, 15) is 0 Å². The van der Waals surface area contributed by atoms with E-state index in [-0.39, 0.29) is 32.7 Å². The van der Waals surface area contributed by atoms with Crippen LogP contribution in [0.25, 0.3) is 33.2 Å². The van der Waals surface area contributed by atoms with Crippen molar-refractivity contribution in [2.75, 3.05) is 0 Å². The van der Waals surface area contributed by atoms with Gasteiger partial charge >= 0.3 is 0 Å². The van der Waals surface area contributed by atoms with Gasteiger partial charge in [-0.2, -0.15) is 35.4 Å². The maximum atomic E-state index is 3.56. The number of aryl methyl sites for hydroxylation is 2. The van der Waals surface area contributed by atoms with Crippen LogP contribution in [0.3, 0.4) is 0 Å². The summed E-state index contributed by atoms with van der Waals surface area (Å²) >= 11 is 0. The van der Waals surface area contributed by atoms with Gasteiger partial charge in [0.1, 0.15) is 7.05 Å². The van der Waals surface area contributed by atoms with Gasteiger partial charge in [-0.15, -0.1) is 29.1 Å². The molecular weight excluding hydrogens is 379 g/mol. The van der Waals surface area contributed by atoms with Crippen molar-refractivity contribution in [1.82, 2.24) is 0 Å². The van der Waals surface area contributed by atoms with Gasteiger partial charge in [0.2, 0.25) is 0 Å². The first-order valence-corrected chi connectivity index (χ1v) is 8.12. The van der Waals surface area contributed by atoms with Gasteiger partial charge in [0.05, 0.1) is 0 Å². The zero-order chi connectivity index (χ0) is 16.5. The first kappa shape index (κ1) is 18.0. The number of nitrogens with zero attached hydrogens (tertiary/aromatic N) is 1. The van der Waals surface area contributed by atoms with Gasteiger partial charge in [0.25, 0.3) is 0 Å². The van der Waals surface area contributed by atoms with Crippen molar-refractivity contribution in [2.45, 2.75) is 6.92 Å². The average molecular weight is 397 g/mol. The van der Waals surface area contributed by atoms with Crippen molar-refractivity contribution in [2.24, 2.45) is 7.05 Å². The van der Waals surface area contributed by atoms with E-state index in [1.54, 1.807) is 0 Å². The van der Waals surface area contributed by atoms with E-state index < -0.39 is 0 Å². The van der Waals surface area contributed by atoms with Gasteiger partial charge in [0, 0.05) is 38.8 Å². The molecule has 0 spiro atoms. The van der Waals surface area contributed by atoms with Gasteiger partial charge in [-0.05, 0) is 6.07 Å². The molecule has 0 amide bonds. The molecule has 0 N–H and O–H groups in total. The fourth-order valence-corrected chi connectivity index (χ4v) is 3.19. The summed E-state index contributed by atoms with van der Waals surface area (Å²) in [6.45, 7) is 2.15. The molecule has 0 bridgehead atoms. The van der Waals surface area contributed by atoms with Crippen molar-refractivity contribution in [3.63, 3.8) is 0 Å². The number of hydrogen-bond donors (Lipinski definition) is 0. The summed E-state index contributed by atoms with van der Waals surface area (Å²) in [6, 6.07) is 30.0. The fourth-order valence-electron chi connectivity index (χ4n) is 3.19. The summed E-state index contributed by atoms with van der Waals surface area (Å²) in [7, 11) is 2.08. The number of fused-ring (bicyclic) bond motifs is 1. The Kier molecular flexibility index (Phi) is 5.46. The molecular formula is C23H18NY-. The minimum atomic E-state index is 0. The van der Waals surface area contributed by atoms with Crippen LogP contribution in [-0.4, -0.2) is 0 Å². The molecule has 0 fully saturated rings. The van der Waals surface area contributed by atoms with Crippen LogP contribution >= 0.6 is 0 Å². The number of aromatic nitrogens is 1. The maximum absolute atomic E-state index is 3.56. The zero-order valence-corrected chi connectivity index (χ0v) is 17.3. The molecule has 0 aliphatic rings. The van der Waals surface area contributed by atoms with Gasteiger partial charge in [-0.25, -0.2) is 4.57 Å². The third-order valence-corrected chi connectivity index (χ3v) is 4.45. The summed E-state index contributed by atoms with van der Waals surface area (Å²) in [5.41, 5.74) is 5.82. The second kappa shape index (κ2) is 7.60. The molecule has 0 saturated heterocycles. The molecule has 2 heteroatoms. The number of hydrogen-bond acceptors (Lipinski definition) is 0. The number of rotatable bonds is 2. The van der Waals surface area contributed by atoms with Crippen molar-refractivity contribution in [3.05, 3.63) is 90.6 Å². The van der Waals surface area contributed by atoms with Crippen LogP contribution in [0.5, 0.6) is 0 Å². The van der Waals surface area contributed by atoms with Crippen molar-refractivity contribution >= 4 is 10.8 Å². The Morgan fingerprint density at radius 1 is 0.880 bits per heavy atom. The molecule has 1 aromatic heterocycles. The molecule has 0 saturated carbocycles. The van der Waals surface area contributed by atoms with Crippen molar-refractivity contribution in [1.29, 1.82) is 0 Å². The largest absolute Gasteiger partial charge is 0.210 e. The maximum Gasteiger partial charge on any atom is 0.168 e. The Labute approximate surface area is 174 Å². The van der Waals surface area contributed by atoms with Crippen LogP contribution < -0.4 is 4.57 Å². The summed E-state index contributed by atoms with van der Waals surface area (Å²) in [6.07, 6.45) is 2.08. The third-order valence-electron chi connectivity index (χ3n) is 4.45. The van der Waals surface area contributed by atoms with Crippen LogP contribution in [0.1, 0.15) is 5.56 Å². The van der Waals surface area contributed by atoms with Crippen LogP contribution in [-0.2, 0) is 39.8 Å². The quantitative estimate of drug-likeness (QED) is 0.335. The van der Waals surface area contributed by atoms with Gasteiger partial charge in [-0.1, -0.05) is 42.1 Å². The van der Waals surface area contributed by atoms with E-state index in [0.29, 0.717) is 0 Å². The average Bonchev–Trinajstić information content (AvgIpc) is 2.62. The van der Waals surface area contributed by atoms with E-state index in [4.69, 9.17) is 0 Å². The Balaban J connectivity index is 0.00000182. The van der Waals surface area contributed by atoms with Crippen molar-refractivity contribution < 1.29 is 37.3 Å². The summed E-state index contributed by atoms with van der Waals surface area (Å²) in [4.78, 5) is 0. The van der Waals surface area contributed by atoms with Crippen LogP contribution in [0.15, 0.2) is 72.9 Å². The molecule has 3 aromatic carbocycles. The molecule has 0 atom stereocenters. The minimum absolute atomic E-state index is 0. The molecule has 1 nitrogen and oxygen atoms in total. The molecule has 0 aliphatic heterocycles. The first-order valence-electron chi connectivity index (χ1n) is 8.12. The summed E-state index contributed by atoms with van der Waals surface area (Å²) in [5, 5.41) is 2.34. The second-order valence-corrected chi connectivity index (χ2v) is 6.07. The SMILES string of the molecule is Cc1cc[c-]c(-c2[c-]c3ccccc3cc2)c1-c1cccc[n+]1C.[Y]. The van der Waals surface area contributed by atoms with Gasteiger partial charge in [-0.3, -0.25) is 0 Å². The monoisotopic (exact) mass is 397 g/mol. The van der Waals surface area contributed by atoms with Crippen LogP contribution in [0.4, 0.5) is 0 Å². The van der Waals surface area contributed by atoms with Gasteiger partial charge < -0.3 is 0 Å². The van der Waals surface area contributed by atoms with Crippen LogP contribution in [0, 0.1) is 19.1 Å². The van der Waals surface area contributed by atoms with Gasteiger partial charge in [0.15, 0.2) is 11.9 Å². The standard InChI is InChI=1S/C23H18N.Y/c1-17-8-7-11-21(23(17)22-12-5-6-15-24(22)2)20-14-13-18-9-3-4-10-19(18)16-20;/h3-10,12-15H,1-2H3;/q-1;. The molecule has 4 rings (SSSR count). The fraction of sp³-hybridized carbons (Fsp3) is 0.0870. The smallest absolute Gasteiger partial charge is 0.168 e. The predicted octanol–water partition coefficient (Wildman–Crippen LogP) is 4.90. The van der Waals surface area contributed by atoms with E-state index in [0.717, 1.165) is 16.5 Å². The topological polar surface area (TPSA) is 3.88 Å². The Hall–Kier alpha value is -1.83. The summed E-state index contributed by atoms with van der Waals surface area (Å²) in [5.74, 6) is 0. The summed E-state index contributed by atoms with van der Waals surface area (Å²) < 4.78 is 2.15. The molecule has 25 heavy (non-hydrogen) atoms. The molecule has 0 unspecified atom stereocenters. The Morgan fingerprint density at radius 2 is 1.68 bits per heavy atom. The normalized spacial score (nSPS) is 10.5. The zero-order valence-electron chi connectivity index (χ0n) is 14.5. The Morgan fingerprint density at radius 3 is 2.52 bits per heavy atom. The minimum Gasteiger partial charge on any atom is -0.210 e. The number of benzene rings is 3. The van der Waals surface area contributed by atoms with E-state index >= 15 is 0 Å². The molecule has 1 radical (unpaired) electrons. The third kappa shape index (κ3) is 3.45. The molecule has 0 aliphatic carbocycles. The number of pyridine rings is 1. The van der Waals surface area contributed by atoms with E-state index in [1.165, 1.54) is 22.2 Å².